The number of rotatable bonds is 10. The number of hydrogen-bond donors (Lipinski definition) is 3. The van der Waals surface area contributed by atoms with Gasteiger partial charge in [-0.25, -0.2) is 4.99 Å². The second-order valence-corrected chi connectivity index (χ2v) is 6.90. The summed E-state index contributed by atoms with van der Waals surface area (Å²) in [5.74, 6) is 3.45. The molecule has 3 N–H and O–H groups in total. The molecule has 9 heteroatoms. The Morgan fingerprint density at radius 2 is 2.11 bits per heavy atom. The number of ether oxygens (including phenoxy) is 1. The quantitative estimate of drug-likeness (QED) is 0.318. The molecule has 0 bridgehead atoms. The molecule has 0 spiro atoms. The van der Waals surface area contributed by atoms with Gasteiger partial charge in [-0.1, -0.05) is 0 Å². The van der Waals surface area contributed by atoms with Crippen molar-refractivity contribution in [2.75, 3.05) is 26.3 Å². The summed E-state index contributed by atoms with van der Waals surface area (Å²) < 4.78 is 12.8. The van der Waals surface area contributed by atoms with E-state index in [1.165, 1.54) is 0 Å². The maximum Gasteiger partial charge on any atom is 0.191 e. The second-order valence-electron chi connectivity index (χ2n) is 6.90. The highest BCUT2D eigenvalue weighted by Crippen LogP contribution is 2.21. The van der Waals surface area contributed by atoms with Crippen LogP contribution < -0.4 is 10.6 Å². The Labute approximate surface area is 166 Å². The minimum absolute atomic E-state index is 0.245. The molecule has 1 atom stereocenters. The summed E-state index contributed by atoms with van der Waals surface area (Å²) in [7, 11) is 1.91. The van der Waals surface area contributed by atoms with Gasteiger partial charge < -0.3 is 29.5 Å². The number of hydrogen-bond acceptors (Lipinski definition) is 6. The first kappa shape index (κ1) is 21.9. The molecule has 156 valence electrons. The van der Waals surface area contributed by atoms with E-state index in [1.807, 2.05) is 38.5 Å². The molecule has 2 heterocycles. The van der Waals surface area contributed by atoms with E-state index >= 15 is 0 Å². The molecule has 0 saturated carbocycles. The third-order valence-electron chi connectivity index (χ3n) is 4.39. The third kappa shape index (κ3) is 6.35. The summed E-state index contributed by atoms with van der Waals surface area (Å²) in [6, 6.07) is 3.62. The molecule has 0 radical (unpaired) electrons. The first-order chi connectivity index (χ1) is 13.3. The second kappa shape index (κ2) is 10.2. The predicted octanol–water partition coefficient (Wildman–Crippen LogP) is 1.39. The van der Waals surface area contributed by atoms with Crippen LogP contribution in [0.4, 0.5) is 0 Å². The lowest BCUT2D eigenvalue weighted by molar-refractivity contribution is 0.0377. The van der Waals surface area contributed by atoms with Crippen LogP contribution in [-0.4, -0.2) is 52.1 Å². The highest BCUT2D eigenvalue weighted by molar-refractivity contribution is 5.79. The van der Waals surface area contributed by atoms with E-state index < -0.39 is 5.60 Å². The molecule has 0 amide bonds. The molecule has 2 aromatic rings. The average molecular weight is 393 g/mol. The van der Waals surface area contributed by atoms with E-state index in [4.69, 9.17) is 9.15 Å². The smallest absolute Gasteiger partial charge is 0.191 e. The van der Waals surface area contributed by atoms with Crippen LogP contribution in [0.5, 0.6) is 0 Å². The standard InChI is InChI=1S/C19H32N6O3/c1-6-27-11-7-10-20-18(21-12-17-24-23-15(3)25(17)5)22-13-19(4,26)16-9-8-14(2)28-16/h8-9,26H,6-7,10-13H2,1-5H3,(H2,20,21,22). The summed E-state index contributed by atoms with van der Waals surface area (Å²) >= 11 is 0. The molecular formula is C19H32N6O3. The zero-order valence-corrected chi connectivity index (χ0v) is 17.4. The number of aliphatic hydroxyl groups is 1. The van der Waals surface area contributed by atoms with Crippen molar-refractivity contribution in [3.05, 3.63) is 35.3 Å². The van der Waals surface area contributed by atoms with E-state index in [0.717, 1.165) is 23.8 Å². The van der Waals surface area contributed by atoms with Crippen LogP contribution in [0.25, 0.3) is 0 Å². The fraction of sp³-hybridized carbons (Fsp3) is 0.632. The van der Waals surface area contributed by atoms with Gasteiger partial charge in [0, 0.05) is 26.8 Å². The Balaban J connectivity index is 2.00. The van der Waals surface area contributed by atoms with Gasteiger partial charge in [0.15, 0.2) is 11.8 Å². The summed E-state index contributed by atoms with van der Waals surface area (Å²) in [5.41, 5.74) is -1.16. The summed E-state index contributed by atoms with van der Waals surface area (Å²) in [5, 5.41) is 25.4. The van der Waals surface area contributed by atoms with Gasteiger partial charge in [-0.3, -0.25) is 0 Å². The van der Waals surface area contributed by atoms with Crippen LogP contribution in [0.3, 0.4) is 0 Å². The lowest BCUT2D eigenvalue weighted by Gasteiger charge is -2.23. The monoisotopic (exact) mass is 392 g/mol. The fourth-order valence-corrected chi connectivity index (χ4v) is 2.51. The van der Waals surface area contributed by atoms with Gasteiger partial charge in [-0.05, 0) is 46.2 Å². The molecule has 28 heavy (non-hydrogen) atoms. The zero-order chi connectivity index (χ0) is 20.6. The maximum absolute atomic E-state index is 10.7. The molecule has 1 unspecified atom stereocenters. The Kier molecular flexibility index (Phi) is 8.01. The minimum Gasteiger partial charge on any atom is -0.463 e. The molecule has 0 aromatic carbocycles. The number of furan rings is 1. The van der Waals surface area contributed by atoms with Crippen molar-refractivity contribution in [3.8, 4) is 0 Å². The molecule has 0 aliphatic heterocycles. The molecule has 2 aromatic heterocycles. The van der Waals surface area contributed by atoms with Gasteiger partial charge in [0.05, 0.1) is 6.54 Å². The topological polar surface area (TPSA) is 110 Å². The van der Waals surface area contributed by atoms with E-state index in [-0.39, 0.29) is 6.54 Å². The number of nitrogens with zero attached hydrogens (tertiary/aromatic N) is 4. The van der Waals surface area contributed by atoms with Crippen molar-refractivity contribution in [2.24, 2.45) is 12.0 Å². The maximum atomic E-state index is 10.7. The zero-order valence-electron chi connectivity index (χ0n) is 17.4. The van der Waals surface area contributed by atoms with Crippen molar-refractivity contribution < 1.29 is 14.3 Å². The lowest BCUT2D eigenvalue weighted by Crippen LogP contribution is -2.45. The van der Waals surface area contributed by atoms with E-state index in [9.17, 15) is 5.11 Å². The van der Waals surface area contributed by atoms with Gasteiger partial charge >= 0.3 is 0 Å². The van der Waals surface area contributed by atoms with E-state index in [0.29, 0.717) is 38.0 Å². The molecule has 0 aliphatic carbocycles. The number of aryl methyl sites for hydroxylation is 2. The van der Waals surface area contributed by atoms with Crippen molar-refractivity contribution in [1.29, 1.82) is 0 Å². The van der Waals surface area contributed by atoms with Crippen LogP contribution in [0.2, 0.25) is 0 Å². The highest BCUT2D eigenvalue weighted by Gasteiger charge is 2.27. The highest BCUT2D eigenvalue weighted by atomic mass is 16.5. The molecule has 2 rings (SSSR count). The van der Waals surface area contributed by atoms with Gasteiger partial charge in [-0.15, -0.1) is 10.2 Å². The Hall–Kier alpha value is -2.39. The first-order valence-corrected chi connectivity index (χ1v) is 9.57. The van der Waals surface area contributed by atoms with Gasteiger partial charge in [0.1, 0.15) is 29.5 Å². The first-order valence-electron chi connectivity index (χ1n) is 9.57. The molecule has 0 saturated heterocycles. The normalized spacial score (nSPS) is 14.1. The lowest BCUT2D eigenvalue weighted by atomic mass is 10.0. The Morgan fingerprint density at radius 1 is 1.32 bits per heavy atom. The number of nitrogens with one attached hydrogen (secondary N) is 2. The van der Waals surface area contributed by atoms with Gasteiger partial charge in [-0.2, -0.15) is 0 Å². The molecule has 9 nitrogen and oxygen atoms in total. The predicted molar refractivity (Wildman–Crippen MR) is 107 cm³/mol. The third-order valence-corrected chi connectivity index (χ3v) is 4.39. The SMILES string of the molecule is CCOCCCNC(=NCc1nnc(C)n1C)NCC(C)(O)c1ccc(C)o1. The van der Waals surface area contributed by atoms with E-state index in [1.54, 1.807) is 13.0 Å². The van der Waals surface area contributed by atoms with Crippen LogP contribution in [0.1, 0.15) is 43.4 Å². The summed E-state index contributed by atoms with van der Waals surface area (Å²) in [4.78, 5) is 4.58. The number of aliphatic imine (C=N–C) groups is 1. The van der Waals surface area contributed by atoms with Crippen LogP contribution in [0, 0.1) is 13.8 Å². The Bertz CT molecular complexity index is 766. The Morgan fingerprint density at radius 3 is 2.71 bits per heavy atom. The minimum atomic E-state index is -1.16. The summed E-state index contributed by atoms with van der Waals surface area (Å²) in [6.07, 6.45) is 0.853. The molecular weight excluding hydrogens is 360 g/mol. The fourth-order valence-electron chi connectivity index (χ4n) is 2.51. The number of guanidine groups is 1. The van der Waals surface area contributed by atoms with Crippen LogP contribution in [0.15, 0.2) is 21.5 Å². The van der Waals surface area contributed by atoms with E-state index in [2.05, 4.69) is 25.8 Å². The van der Waals surface area contributed by atoms with Crippen molar-refractivity contribution in [2.45, 2.75) is 46.3 Å². The van der Waals surface area contributed by atoms with Crippen LogP contribution >= 0.6 is 0 Å². The molecule has 0 fully saturated rings. The van der Waals surface area contributed by atoms with Crippen molar-refractivity contribution >= 4 is 5.96 Å². The van der Waals surface area contributed by atoms with Gasteiger partial charge in [0.25, 0.3) is 0 Å². The van der Waals surface area contributed by atoms with Crippen molar-refractivity contribution in [3.63, 3.8) is 0 Å². The van der Waals surface area contributed by atoms with Gasteiger partial charge in [0.2, 0.25) is 0 Å². The largest absolute Gasteiger partial charge is 0.463 e. The van der Waals surface area contributed by atoms with Crippen LogP contribution in [-0.2, 0) is 23.9 Å². The molecule has 0 aliphatic rings. The average Bonchev–Trinajstić information content (AvgIpc) is 3.24. The van der Waals surface area contributed by atoms with Crippen molar-refractivity contribution in [1.82, 2.24) is 25.4 Å². The number of aromatic nitrogens is 3. The summed E-state index contributed by atoms with van der Waals surface area (Å²) in [6.45, 7) is 10.1.